The van der Waals surface area contributed by atoms with E-state index in [1.54, 1.807) is 6.26 Å². The summed E-state index contributed by atoms with van der Waals surface area (Å²) < 4.78 is 5.59. The largest absolute Gasteiger partial charge is 0.500 e. The molecule has 1 N–H and O–H groups in total. The predicted octanol–water partition coefficient (Wildman–Crippen LogP) is 0.699. The van der Waals surface area contributed by atoms with E-state index in [0.29, 0.717) is 24.3 Å². The van der Waals surface area contributed by atoms with Crippen LogP contribution < -0.4 is 0 Å². The molecule has 3 aliphatic rings. The first-order valence-corrected chi connectivity index (χ1v) is 8.15. The summed E-state index contributed by atoms with van der Waals surface area (Å²) in [6, 6.07) is 0. The number of piperazine rings is 1. The molecule has 2 fully saturated rings. The van der Waals surface area contributed by atoms with E-state index in [1.807, 2.05) is 4.90 Å². The van der Waals surface area contributed by atoms with E-state index in [-0.39, 0.29) is 12.5 Å². The van der Waals surface area contributed by atoms with Gasteiger partial charge in [0.2, 0.25) is 0 Å². The minimum Gasteiger partial charge on any atom is -0.500 e. The number of hydrogen-bond donors (Lipinski definition) is 1. The molecule has 0 bridgehead atoms. The molecule has 3 unspecified atom stereocenters. The topological polar surface area (TPSA) is 53.0 Å². The standard InChI is InChI=1S/C16H26N2O3/c1-12-2-3-13-14(12)10-21-11-15(13)16(20)18-6-4-17(5-7-18)8-9-19/h11-14,19H,2-10H2,1H3. The van der Waals surface area contributed by atoms with Gasteiger partial charge in [0.1, 0.15) is 0 Å². The van der Waals surface area contributed by atoms with Gasteiger partial charge in [-0.25, -0.2) is 0 Å². The van der Waals surface area contributed by atoms with E-state index in [2.05, 4.69) is 11.8 Å². The van der Waals surface area contributed by atoms with Crippen molar-refractivity contribution < 1.29 is 14.6 Å². The molecule has 2 heterocycles. The normalized spacial score (nSPS) is 33.3. The number of hydrogen-bond acceptors (Lipinski definition) is 4. The molecular formula is C16H26N2O3. The van der Waals surface area contributed by atoms with Crippen LogP contribution in [0.5, 0.6) is 0 Å². The Balaban J connectivity index is 1.62. The Morgan fingerprint density at radius 1 is 1.33 bits per heavy atom. The van der Waals surface area contributed by atoms with Crippen molar-refractivity contribution in [2.75, 3.05) is 45.9 Å². The fourth-order valence-corrected chi connectivity index (χ4v) is 3.98. The molecular weight excluding hydrogens is 268 g/mol. The van der Waals surface area contributed by atoms with Crippen LogP contribution in [0.15, 0.2) is 11.8 Å². The lowest BCUT2D eigenvalue weighted by atomic mass is 9.84. The van der Waals surface area contributed by atoms with Gasteiger partial charge in [-0.2, -0.15) is 0 Å². The van der Waals surface area contributed by atoms with Gasteiger partial charge in [0.25, 0.3) is 5.91 Å². The van der Waals surface area contributed by atoms with Gasteiger partial charge in [0.15, 0.2) is 0 Å². The average molecular weight is 294 g/mol. The first-order chi connectivity index (χ1) is 10.2. The van der Waals surface area contributed by atoms with Crippen molar-refractivity contribution >= 4 is 5.91 Å². The molecule has 5 heteroatoms. The van der Waals surface area contributed by atoms with Crippen LogP contribution in [0.1, 0.15) is 19.8 Å². The van der Waals surface area contributed by atoms with Crippen molar-refractivity contribution in [1.29, 1.82) is 0 Å². The molecule has 0 aromatic carbocycles. The van der Waals surface area contributed by atoms with Gasteiger partial charge in [-0.05, 0) is 24.7 Å². The van der Waals surface area contributed by atoms with Gasteiger partial charge < -0.3 is 14.7 Å². The van der Waals surface area contributed by atoms with Crippen LogP contribution in [0.4, 0.5) is 0 Å². The maximum absolute atomic E-state index is 12.8. The Morgan fingerprint density at radius 2 is 2.10 bits per heavy atom. The van der Waals surface area contributed by atoms with Crippen molar-refractivity contribution in [3.8, 4) is 0 Å². The maximum atomic E-state index is 12.8. The molecule has 1 saturated heterocycles. The summed E-state index contributed by atoms with van der Waals surface area (Å²) in [5.41, 5.74) is 0.895. The molecule has 0 spiro atoms. The van der Waals surface area contributed by atoms with Crippen molar-refractivity contribution in [2.45, 2.75) is 19.8 Å². The zero-order chi connectivity index (χ0) is 14.8. The zero-order valence-corrected chi connectivity index (χ0v) is 12.8. The van der Waals surface area contributed by atoms with Crippen LogP contribution in [0, 0.1) is 17.8 Å². The van der Waals surface area contributed by atoms with E-state index < -0.39 is 0 Å². The molecule has 21 heavy (non-hydrogen) atoms. The lowest BCUT2D eigenvalue weighted by Gasteiger charge is -2.37. The summed E-state index contributed by atoms with van der Waals surface area (Å²) >= 11 is 0. The van der Waals surface area contributed by atoms with Gasteiger partial charge in [0.05, 0.1) is 25.0 Å². The molecule has 3 rings (SSSR count). The van der Waals surface area contributed by atoms with Crippen LogP contribution in [0.25, 0.3) is 0 Å². The number of aliphatic hydroxyl groups excluding tert-OH is 1. The third-order valence-electron chi connectivity index (χ3n) is 5.40. The average Bonchev–Trinajstić information content (AvgIpc) is 2.89. The number of fused-ring (bicyclic) bond motifs is 1. The summed E-state index contributed by atoms with van der Waals surface area (Å²) in [6.45, 7) is 7.15. The smallest absolute Gasteiger partial charge is 0.253 e. The van der Waals surface area contributed by atoms with Crippen LogP contribution >= 0.6 is 0 Å². The minimum absolute atomic E-state index is 0.169. The second kappa shape index (κ2) is 6.36. The summed E-state index contributed by atoms with van der Waals surface area (Å²) in [4.78, 5) is 16.9. The lowest BCUT2D eigenvalue weighted by Crippen LogP contribution is -2.50. The van der Waals surface area contributed by atoms with Crippen molar-refractivity contribution in [3.05, 3.63) is 11.8 Å². The highest BCUT2D eigenvalue weighted by Crippen LogP contribution is 2.43. The number of amides is 1. The minimum atomic E-state index is 0.169. The van der Waals surface area contributed by atoms with Crippen LogP contribution in [-0.2, 0) is 9.53 Å². The van der Waals surface area contributed by atoms with Gasteiger partial charge in [-0.15, -0.1) is 0 Å². The van der Waals surface area contributed by atoms with Gasteiger partial charge in [-0.1, -0.05) is 6.92 Å². The second-order valence-electron chi connectivity index (χ2n) is 6.59. The van der Waals surface area contributed by atoms with Gasteiger partial charge in [0, 0.05) is 38.6 Å². The van der Waals surface area contributed by atoms with Crippen LogP contribution in [0.3, 0.4) is 0 Å². The molecule has 5 nitrogen and oxygen atoms in total. The number of aliphatic hydroxyl groups is 1. The van der Waals surface area contributed by atoms with Crippen molar-refractivity contribution in [3.63, 3.8) is 0 Å². The number of carbonyl (C=O) groups is 1. The van der Waals surface area contributed by atoms with E-state index in [9.17, 15) is 4.79 Å². The number of ether oxygens (including phenoxy) is 1. The second-order valence-corrected chi connectivity index (χ2v) is 6.59. The number of β-amino-alcohol motifs (C(OH)–C–C–N with tert-alkyl or cyclic N) is 1. The van der Waals surface area contributed by atoms with Gasteiger partial charge in [-0.3, -0.25) is 9.69 Å². The Labute approximate surface area is 126 Å². The summed E-state index contributed by atoms with van der Waals surface area (Å²) in [7, 11) is 0. The molecule has 0 aromatic rings. The molecule has 118 valence electrons. The molecule has 3 atom stereocenters. The third-order valence-corrected chi connectivity index (χ3v) is 5.40. The summed E-state index contributed by atoms with van der Waals surface area (Å²) in [5.74, 6) is 1.75. The highest BCUT2D eigenvalue weighted by atomic mass is 16.5. The quantitative estimate of drug-likeness (QED) is 0.832. The Hall–Kier alpha value is -1.07. The molecule has 1 saturated carbocycles. The Bertz CT molecular complexity index is 416. The zero-order valence-electron chi connectivity index (χ0n) is 12.8. The monoisotopic (exact) mass is 294 g/mol. The lowest BCUT2D eigenvalue weighted by molar-refractivity contribution is -0.130. The Morgan fingerprint density at radius 3 is 2.81 bits per heavy atom. The fourth-order valence-electron chi connectivity index (χ4n) is 3.98. The molecule has 1 amide bonds. The third kappa shape index (κ3) is 2.94. The SMILES string of the molecule is CC1CCC2C(C(=O)N3CCN(CCO)CC3)=COCC12. The van der Waals surface area contributed by atoms with E-state index in [1.165, 1.54) is 6.42 Å². The molecule has 0 radical (unpaired) electrons. The van der Waals surface area contributed by atoms with E-state index in [0.717, 1.165) is 44.8 Å². The van der Waals surface area contributed by atoms with Crippen LogP contribution in [0.2, 0.25) is 0 Å². The molecule has 1 aliphatic carbocycles. The van der Waals surface area contributed by atoms with Crippen molar-refractivity contribution in [1.82, 2.24) is 9.80 Å². The first-order valence-electron chi connectivity index (χ1n) is 8.15. The maximum Gasteiger partial charge on any atom is 0.253 e. The number of rotatable bonds is 3. The molecule has 0 aromatic heterocycles. The highest BCUT2D eigenvalue weighted by Gasteiger charge is 2.41. The van der Waals surface area contributed by atoms with Crippen LogP contribution in [-0.4, -0.2) is 66.8 Å². The number of nitrogens with zero attached hydrogens (tertiary/aromatic N) is 2. The molecule has 2 aliphatic heterocycles. The number of carbonyl (C=O) groups excluding carboxylic acids is 1. The van der Waals surface area contributed by atoms with E-state index in [4.69, 9.17) is 9.84 Å². The Kier molecular flexibility index (Phi) is 4.50. The van der Waals surface area contributed by atoms with Crippen molar-refractivity contribution in [2.24, 2.45) is 17.8 Å². The van der Waals surface area contributed by atoms with Gasteiger partial charge >= 0.3 is 0 Å². The fraction of sp³-hybridized carbons (Fsp3) is 0.812. The van der Waals surface area contributed by atoms with E-state index >= 15 is 0 Å². The predicted molar refractivity (Wildman–Crippen MR) is 79.5 cm³/mol. The summed E-state index contributed by atoms with van der Waals surface area (Å²) in [5, 5.41) is 8.98. The highest BCUT2D eigenvalue weighted by molar-refractivity contribution is 5.94. The summed E-state index contributed by atoms with van der Waals surface area (Å²) in [6.07, 6.45) is 4.05. The first kappa shape index (κ1) is 14.9.